The molecule has 3 fully saturated rings. The molecule has 5 unspecified atom stereocenters. The highest BCUT2D eigenvalue weighted by Crippen LogP contribution is 2.50. The van der Waals surface area contributed by atoms with Crippen LogP contribution in [0, 0.1) is 17.8 Å². The van der Waals surface area contributed by atoms with Crippen molar-refractivity contribution in [3.63, 3.8) is 0 Å². The monoisotopic (exact) mass is 265 g/mol. The molecule has 0 aromatic heterocycles. The van der Waals surface area contributed by atoms with Gasteiger partial charge >= 0.3 is 0 Å². The van der Waals surface area contributed by atoms with Crippen molar-refractivity contribution in [3.8, 4) is 0 Å². The number of rotatable bonds is 6. The first-order chi connectivity index (χ1) is 9.35. The van der Waals surface area contributed by atoms with Gasteiger partial charge < -0.3 is 10.1 Å². The summed E-state index contributed by atoms with van der Waals surface area (Å²) in [5, 5.41) is 3.74. The van der Waals surface area contributed by atoms with Crippen molar-refractivity contribution in [2.45, 2.75) is 76.9 Å². The Kier molecular flexibility index (Phi) is 4.81. The SMILES string of the molecule is CCNC(CC1CCCCO1)CC1CC2CCC1C2. The predicted molar refractivity (Wildman–Crippen MR) is 79.2 cm³/mol. The van der Waals surface area contributed by atoms with E-state index in [2.05, 4.69) is 12.2 Å². The lowest BCUT2D eigenvalue weighted by Gasteiger charge is -2.31. The molecule has 0 spiro atoms. The van der Waals surface area contributed by atoms with Gasteiger partial charge in [0.2, 0.25) is 0 Å². The lowest BCUT2D eigenvalue weighted by molar-refractivity contribution is 0.00324. The highest BCUT2D eigenvalue weighted by molar-refractivity contribution is 4.92. The molecule has 2 nitrogen and oxygen atoms in total. The van der Waals surface area contributed by atoms with Crippen molar-refractivity contribution in [1.82, 2.24) is 5.32 Å². The Hall–Kier alpha value is -0.0800. The van der Waals surface area contributed by atoms with Gasteiger partial charge in [0.25, 0.3) is 0 Å². The number of ether oxygens (including phenoxy) is 1. The Balaban J connectivity index is 1.49. The highest BCUT2D eigenvalue weighted by atomic mass is 16.5. The standard InChI is InChI=1S/C17H31NO/c1-2-18-16(12-17-5-3-4-8-19-17)11-15-10-13-6-7-14(15)9-13/h13-18H,2-12H2,1H3. The molecule has 1 N–H and O–H groups in total. The van der Waals surface area contributed by atoms with Crippen LogP contribution in [-0.4, -0.2) is 25.3 Å². The Morgan fingerprint density at radius 2 is 2.05 bits per heavy atom. The van der Waals surface area contributed by atoms with Gasteiger partial charge in [0, 0.05) is 12.6 Å². The second-order valence-corrected chi connectivity index (χ2v) is 7.15. The maximum absolute atomic E-state index is 5.94. The van der Waals surface area contributed by atoms with E-state index in [1.165, 1.54) is 51.4 Å². The van der Waals surface area contributed by atoms with Gasteiger partial charge in [0.1, 0.15) is 0 Å². The molecule has 1 heterocycles. The average Bonchev–Trinajstić information content (AvgIpc) is 3.02. The van der Waals surface area contributed by atoms with Crippen LogP contribution in [0.2, 0.25) is 0 Å². The second-order valence-electron chi connectivity index (χ2n) is 7.15. The number of nitrogens with one attached hydrogen (secondary N) is 1. The van der Waals surface area contributed by atoms with Gasteiger partial charge in [-0.2, -0.15) is 0 Å². The number of hydrogen-bond donors (Lipinski definition) is 1. The van der Waals surface area contributed by atoms with Crippen LogP contribution in [0.25, 0.3) is 0 Å². The van der Waals surface area contributed by atoms with Gasteiger partial charge in [0.05, 0.1) is 6.10 Å². The van der Waals surface area contributed by atoms with E-state index >= 15 is 0 Å². The smallest absolute Gasteiger partial charge is 0.0590 e. The van der Waals surface area contributed by atoms with E-state index in [0.717, 1.165) is 30.9 Å². The minimum Gasteiger partial charge on any atom is -0.378 e. The molecular formula is C17H31NO. The first kappa shape index (κ1) is 13.9. The number of fused-ring (bicyclic) bond motifs is 2. The molecule has 2 bridgehead atoms. The zero-order chi connectivity index (χ0) is 13.1. The number of hydrogen-bond acceptors (Lipinski definition) is 2. The van der Waals surface area contributed by atoms with E-state index in [0.29, 0.717) is 12.1 Å². The van der Waals surface area contributed by atoms with Gasteiger partial charge in [-0.1, -0.05) is 13.3 Å². The quantitative estimate of drug-likeness (QED) is 0.789. The molecule has 2 saturated carbocycles. The van der Waals surface area contributed by atoms with E-state index in [-0.39, 0.29) is 0 Å². The van der Waals surface area contributed by atoms with Crippen molar-refractivity contribution in [2.24, 2.45) is 17.8 Å². The first-order valence-corrected chi connectivity index (χ1v) is 8.70. The zero-order valence-corrected chi connectivity index (χ0v) is 12.6. The Bertz CT molecular complexity index is 274. The van der Waals surface area contributed by atoms with Crippen LogP contribution in [0.1, 0.15) is 64.7 Å². The fourth-order valence-electron chi connectivity index (χ4n) is 4.89. The maximum Gasteiger partial charge on any atom is 0.0590 e. The Morgan fingerprint density at radius 1 is 1.11 bits per heavy atom. The predicted octanol–water partition coefficient (Wildman–Crippen LogP) is 3.75. The van der Waals surface area contributed by atoms with Crippen LogP contribution in [0.5, 0.6) is 0 Å². The third kappa shape index (κ3) is 3.52. The van der Waals surface area contributed by atoms with E-state index in [9.17, 15) is 0 Å². The Morgan fingerprint density at radius 3 is 2.68 bits per heavy atom. The lowest BCUT2D eigenvalue weighted by atomic mass is 9.83. The van der Waals surface area contributed by atoms with Crippen LogP contribution in [0.4, 0.5) is 0 Å². The Labute approximate surface area is 118 Å². The fourth-order valence-corrected chi connectivity index (χ4v) is 4.89. The molecule has 0 aromatic rings. The summed E-state index contributed by atoms with van der Waals surface area (Å²) in [5.74, 6) is 3.17. The van der Waals surface area contributed by atoms with Crippen LogP contribution in [0.15, 0.2) is 0 Å². The molecule has 0 amide bonds. The van der Waals surface area contributed by atoms with Gasteiger partial charge in [-0.3, -0.25) is 0 Å². The molecule has 0 radical (unpaired) electrons. The van der Waals surface area contributed by atoms with Crippen molar-refractivity contribution >= 4 is 0 Å². The molecule has 110 valence electrons. The summed E-state index contributed by atoms with van der Waals surface area (Å²) in [6.07, 6.45) is 13.3. The molecule has 19 heavy (non-hydrogen) atoms. The van der Waals surface area contributed by atoms with Crippen LogP contribution in [-0.2, 0) is 4.74 Å². The summed E-state index contributed by atoms with van der Waals surface area (Å²) in [5.41, 5.74) is 0. The summed E-state index contributed by atoms with van der Waals surface area (Å²) < 4.78 is 5.94. The highest BCUT2D eigenvalue weighted by Gasteiger charge is 2.40. The maximum atomic E-state index is 5.94. The van der Waals surface area contributed by atoms with E-state index in [1.54, 1.807) is 6.42 Å². The minimum atomic E-state index is 0.538. The summed E-state index contributed by atoms with van der Waals surface area (Å²) in [7, 11) is 0. The molecular weight excluding hydrogens is 234 g/mol. The fraction of sp³-hybridized carbons (Fsp3) is 1.00. The molecule has 3 rings (SSSR count). The molecule has 0 aromatic carbocycles. The molecule has 1 saturated heterocycles. The summed E-state index contributed by atoms with van der Waals surface area (Å²) in [6.45, 7) is 4.35. The molecule has 2 aliphatic carbocycles. The van der Waals surface area contributed by atoms with Crippen LogP contribution >= 0.6 is 0 Å². The normalized spacial score (nSPS) is 39.6. The summed E-state index contributed by atoms with van der Waals surface area (Å²) >= 11 is 0. The topological polar surface area (TPSA) is 21.3 Å². The van der Waals surface area contributed by atoms with Gasteiger partial charge in [-0.05, 0) is 75.7 Å². The van der Waals surface area contributed by atoms with Crippen molar-refractivity contribution in [1.29, 1.82) is 0 Å². The molecule has 2 heteroatoms. The van der Waals surface area contributed by atoms with Gasteiger partial charge in [-0.25, -0.2) is 0 Å². The van der Waals surface area contributed by atoms with Crippen molar-refractivity contribution < 1.29 is 4.74 Å². The third-order valence-corrected chi connectivity index (χ3v) is 5.79. The lowest BCUT2D eigenvalue weighted by Crippen LogP contribution is -2.37. The first-order valence-electron chi connectivity index (χ1n) is 8.70. The van der Waals surface area contributed by atoms with Crippen LogP contribution < -0.4 is 5.32 Å². The average molecular weight is 265 g/mol. The van der Waals surface area contributed by atoms with Gasteiger partial charge in [-0.15, -0.1) is 0 Å². The largest absolute Gasteiger partial charge is 0.378 e. The van der Waals surface area contributed by atoms with Crippen LogP contribution in [0.3, 0.4) is 0 Å². The van der Waals surface area contributed by atoms with Crippen molar-refractivity contribution in [3.05, 3.63) is 0 Å². The molecule has 1 aliphatic heterocycles. The molecule has 5 atom stereocenters. The minimum absolute atomic E-state index is 0.538. The van der Waals surface area contributed by atoms with E-state index in [1.807, 2.05) is 0 Å². The third-order valence-electron chi connectivity index (χ3n) is 5.79. The molecule has 3 aliphatic rings. The van der Waals surface area contributed by atoms with E-state index in [4.69, 9.17) is 4.74 Å². The summed E-state index contributed by atoms with van der Waals surface area (Å²) in [4.78, 5) is 0. The zero-order valence-electron chi connectivity index (χ0n) is 12.6. The van der Waals surface area contributed by atoms with E-state index < -0.39 is 0 Å². The van der Waals surface area contributed by atoms with Crippen molar-refractivity contribution in [2.75, 3.05) is 13.2 Å². The second kappa shape index (κ2) is 6.58. The summed E-state index contributed by atoms with van der Waals surface area (Å²) in [6, 6.07) is 0.706. The van der Waals surface area contributed by atoms with Gasteiger partial charge in [0.15, 0.2) is 0 Å².